The van der Waals surface area contributed by atoms with E-state index in [9.17, 15) is 19.7 Å². The zero-order valence-corrected chi connectivity index (χ0v) is 12.1. The standard InChI is InChI=1S/C16H14N2O5/c19-10-13-3-1-2-4-15(13)23-11-16(20)17-9-12-5-7-14(8-6-12)18(21)22/h1-8,10H,9,11H2,(H,17,20). The fraction of sp³-hybridized carbons (Fsp3) is 0.125. The van der Waals surface area contributed by atoms with Crippen LogP contribution < -0.4 is 10.1 Å². The number of carbonyl (C=O) groups is 2. The van der Waals surface area contributed by atoms with Gasteiger partial charge in [0.25, 0.3) is 11.6 Å². The molecule has 0 saturated heterocycles. The van der Waals surface area contributed by atoms with Crippen LogP contribution in [-0.4, -0.2) is 23.7 Å². The van der Waals surface area contributed by atoms with Gasteiger partial charge in [-0.3, -0.25) is 19.7 Å². The first kappa shape index (κ1) is 16.2. The molecule has 0 aliphatic carbocycles. The van der Waals surface area contributed by atoms with Gasteiger partial charge >= 0.3 is 0 Å². The van der Waals surface area contributed by atoms with Crippen LogP contribution >= 0.6 is 0 Å². The van der Waals surface area contributed by atoms with Crippen molar-refractivity contribution in [1.82, 2.24) is 5.32 Å². The van der Waals surface area contributed by atoms with E-state index in [4.69, 9.17) is 4.74 Å². The summed E-state index contributed by atoms with van der Waals surface area (Å²) in [5.74, 6) is -0.0166. The lowest BCUT2D eigenvalue weighted by Gasteiger charge is -2.09. The van der Waals surface area contributed by atoms with Crippen molar-refractivity contribution >= 4 is 17.9 Å². The minimum absolute atomic E-state index is 0.00567. The summed E-state index contributed by atoms with van der Waals surface area (Å²) in [6.07, 6.45) is 0.657. The van der Waals surface area contributed by atoms with E-state index >= 15 is 0 Å². The fourth-order valence-electron chi connectivity index (χ4n) is 1.84. The van der Waals surface area contributed by atoms with Gasteiger partial charge in [0.1, 0.15) is 5.75 Å². The number of benzene rings is 2. The van der Waals surface area contributed by atoms with Crippen LogP contribution in [0, 0.1) is 10.1 Å². The number of nitro benzene ring substituents is 1. The van der Waals surface area contributed by atoms with E-state index in [-0.39, 0.29) is 24.7 Å². The van der Waals surface area contributed by atoms with Gasteiger partial charge in [0.05, 0.1) is 10.5 Å². The van der Waals surface area contributed by atoms with Gasteiger partial charge in [0.15, 0.2) is 12.9 Å². The molecule has 1 N–H and O–H groups in total. The topological polar surface area (TPSA) is 98.5 Å². The Morgan fingerprint density at radius 3 is 2.52 bits per heavy atom. The number of nitrogens with zero attached hydrogens (tertiary/aromatic N) is 1. The monoisotopic (exact) mass is 314 g/mol. The second kappa shape index (κ2) is 7.69. The zero-order chi connectivity index (χ0) is 16.7. The molecular formula is C16H14N2O5. The van der Waals surface area contributed by atoms with E-state index in [0.717, 1.165) is 5.56 Å². The van der Waals surface area contributed by atoms with E-state index in [1.807, 2.05) is 0 Å². The van der Waals surface area contributed by atoms with Crippen molar-refractivity contribution in [3.63, 3.8) is 0 Å². The predicted octanol–water partition coefficient (Wildman–Crippen LogP) is 2.10. The first-order chi connectivity index (χ1) is 11.1. The van der Waals surface area contributed by atoms with Gasteiger partial charge in [-0.05, 0) is 17.7 Å². The lowest BCUT2D eigenvalue weighted by molar-refractivity contribution is -0.384. The van der Waals surface area contributed by atoms with Gasteiger partial charge < -0.3 is 10.1 Å². The van der Waals surface area contributed by atoms with Gasteiger partial charge in [0.2, 0.25) is 0 Å². The summed E-state index contributed by atoms with van der Waals surface area (Å²) in [5, 5.41) is 13.2. The van der Waals surface area contributed by atoms with E-state index in [1.165, 1.54) is 12.1 Å². The number of hydrogen-bond donors (Lipinski definition) is 1. The van der Waals surface area contributed by atoms with Gasteiger partial charge in [-0.15, -0.1) is 0 Å². The number of nitro groups is 1. The summed E-state index contributed by atoms with van der Waals surface area (Å²) < 4.78 is 5.30. The Bertz CT molecular complexity index is 713. The normalized spacial score (nSPS) is 9.91. The second-order valence-corrected chi connectivity index (χ2v) is 4.64. The van der Waals surface area contributed by atoms with Gasteiger partial charge in [-0.2, -0.15) is 0 Å². The second-order valence-electron chi connectivity index (χ2n) is 4.64. The molecule has 7 heteroatoms. The molecule has 0 unspecified atom stereocenters. The highest BCUT2D eigenvalue weighted by molar-refractivity contribution is 5.80. The number of para-hydroxylation sites is 1. The van der Waals surface area contributed by atoms with Crippen molar-refractivity contribution in [3.05, 3.63) is 69.8 Å². The van der Waals surface area contributed by atoms with Crippen molar-refractivity contribution in [2.24, 2.45) is 0 Å². The highest BCUT2D eigenvalue weighted by atomic mass is 16.6. The van der Waals surface area contributed by atoms with Crippen molar-refractivity contribution < 1.29 is 19.2 Å². The zero-order valence-electron chi connectivity index (χ0n) is 12.1. The number of nitrogens with one attached hydrogen (secondary N) is 1. The molecule has 0 aromatic heterocycles. The molecule has 1 amide bonds. The van der Waals surface area contributed by atoms with Crippen LogP contribution in [0.5, 0.6) is 5.75 Å². The third-order valence-corrected chi connectivity index (χ3v) is 3.04. The molecule has 0 aliphatic rings. The van der Waals surface area contributed by atoms with Gasteiger partial charge in [-0.25, -0.2) is 0 Å². The molecule has 0 saturated carbocycles. The number of hydrogen-bond acceptors (Lipinski definition) is 5. The first-order valence-corrected chi connectivity index (χ1v) is 6.77. The minimum atomic E-state index is -0.485. The maximum absolute atomic E-state index is 11.7. The summed E-state index contributed by atoms with van der Waals surface area (Å²) in [6, 6.07) is 12.5. The third-order valence-electron chi connectivity index (χ3n) is 3.04. The van der Waals surface area contributed by atoms with Crippen LogP contribution in [0.1, 0.15) is 15.9 Å². The average Bonchev–Trinajstić information content (AvgIpc) is 2.58. The maximum atomic E-state index is 11.7. The van der Waals surface area contributed by atoms with Crippen LogP contribution in [0.4, 0.5) is 5.69 Å². The average molecular weight is 314 g/mol. The van der Waals surface area contributed by atoms with Crippen LogP contribution in [0.15, 0.2) is 48.5 Å². The largest absolute Gasteiger partial charge is 0.483 e. The Labute approximate surface area is 132 Å². The summed E-state index contributed by atoms with van der Waals surface area (Å²) in [4.78, 5) is 32.6. The van der Waals surface area contributed by atoms with Crippen molar-refractivity contribution in [2.45, 2.75) is 6.54 Å². The first-order valence-electron chi connectivity index (χ1n) is 6.77. The lowest BCUT2D eigenvalue weighted by atomic mass is 10.2. The molecule has 7 nitrogen and oxygen atoms in total. The Balaban J connectivity index is 1.83. The molecule has 0 fully saturated rings. The molecule has 2 aromatic carbocycles. The minimum Gasteiger partial charge on any atom is -0.483 e. The van der Waals surface area contributed by atoms with Crippen molar-refractivity contribution in [1.29, 1.82) is 0 Å². The number of aldehydes is 1. The molecular weight excluding hydrogens is 300 g/mol. The Morgan fingerprint density at radius 2 is 1.87 bits per heavy atom. The molecule has 2 rings (SSSR count). The molecule has 0 spiro atoms. The Kier molecular flexibility index (Phi) is 5.40. The highest BCUT2D eigenvalue weighted by Crippen LogP contribution is 2.15. The molecule has 23 heavy (non-hydrogen) atoms. The van der Waals surface area contributed by atoms with Crippen LogP contribution in [0.2, 0.25) is 0 Å². The highest BCUT2D eigenvalue weighted by Gasteiger charge is 2.07. The van der Waals surface area contributed by atoms with Gasteiger partial charge in [-0.1, -0.05) is 24.3 Å². The Morgan fingerprint density at radius 1 is 1.17 bits per heavy atom. The predicted molar refractivity (Wildman–Crippen MR) is 82.3 cm³/mol. The molecule has 0 bridgehead atoms. The van der Waals surface area contributed by atoms with E-state index in [2.05, 4.69) is 5.32 Å². The molecule has 118 valence electrons. The molecule has 0 aliphatic heterocycles. The van der Waals surface area contributed by atoms with E-state index < -0.39 is 4.92 Å². The van der Waals surface area contributed by atoms with Crippen LogP contribution in [0.25, 0.3) is 0 Å². The van der Waals surface area contributed by atoms with Crippen LogP contribution in [-0.2, 0) is 11.3 Å². The molecule has 0 atom stereocenters. The molecule has 2 aromatic rings. The third kappa shape index (κ3) is 4.63. The number of carbonyl (C=O) groups excluding carboxylic acids is 2. The quantitative estimate of drug-likeness (QED) is 0.479. The fourth-order valence-corrected chi connectivity index (χ4v) is 1.84. The van der Waals surface area contributed by atoms with Crippen LogP contribution in [0.3, 0.4) is 0 Å². The van der Waals surface area contributed by atoms with Crippen molar-refractivity contribution in [2.75, 3.05) is 6.61 Å². The van der Waals surface area contributed by atoms with E-state index in [1.54, 1.807) is 36.4 Å². The number of rotatable bonds is 7. The SMILES string of the molecule is O=Cc1ccccc1OCC(=O)NCc1ccc([N+](=O)[O-])cc1. The van der Waals surface area contributed by atoms with Gasteiger partial charge in [0, 0.05) is 18.7 Å². The summed E-state index contributed by atoms with van der Waals surface area (Å²) >= 11 is 0. The molecule has 0 radical (unpaired) electrons. The Hall–Kier alpha value is -3.22. The summed E-state index contributed by atoms with van der Waals surface area (Å²) in [5.41, 5.74) is 1.10. The summed E-state index contributed by atoms with van der Waals surface area (Å²) in [6.45, 7) is 0.00729. The molecule has 0 heterocycles. The number of ether oxygens (including phenoxy) is 1. The maximum Gasteiger partial charge on any atom is 0.269 e. The lowest BCUT2D eigenvalue weighted by Crippen LogP contribution is -2.28. The van der Waals surface area contributed by atoms with E-state index in [0.29, 0.717) is 17.6 Å². The summed E-state index contributed by atoms with van der Waals surface area (Å²) in [7, 11) is 0. The van der Waals surface area contributed by atoms with Crippen molar-refractivity contribution in [3.8, 4) is 5.75 Å². The smallest absolute Gasteiger partial charge is 0.269 e. The number of amides is 1. The number of non-ortho nitro benzene ring substituents is 1.